The molecule has 9 N–H and O–H groups in total. The first-order chi connectivity index (χ1) is 24.0. The normalized spacial score (nSPS) is 35.8. The maximum atomic E-state index is 10.5. The molecule has 0 aliphatic carbocycles. The van der Waals surface area contributed by atoms with Crippen LogP contribution in [0.15, 0.2) is 30.3 Å². The molecule has 3 aliphatic rings. The van der Waals surface area contributed by atoms with Crippen molar-refractivity contribution in [3.63, 3.8) is 0 Å². The molecule has 0 aromatic heterocycles. The van der Waals surface area contributed by atoms with Gasteiger partial charge >= 0.3 is 0 Å². The van der Waals surface area contributed by atoms with Gasteiger partial charge < -0.3 is 83.9 Å². The van der Waals surface area contributed by atoms with Gasteiger partial charge in [-0.2, -0.15) is 0 Å². The summed E-state index contributed by atoms with van der Waals surface area (Å²) >= 11 is 0. The van der Waals surface area contributed by atoms with Crippen molar-refractivity contribution in [3.8, 4) is 28.7 Å². The highest BCUT2D eigenvalue weighted by Gasteiger charge is 2.47. The summed E-state index contributed by atoms with van der Waals surface area (Å²) in [5.74, 6) is 0.299. The minimum atomic E-state index is -1.66. The van der Waals surface area contributed by atoms with Crippen LogP contribution in [-0.2, 0) is 20.6 Å². The maximum Gasteiger partial charge on any atom is 0.229 e. The fourth-order valence-corrected chi connectivity index (χ4v) is 6.51. The third kappa shape index (κ3) is 7.59. The summed E-state index contributed by atoms with van der Waals surface area (Å²) in [5, 5.41) is 90.9. The quantitative estimate of drug-likeness (QED) is 0.105. The van der Waals surface area contributed by atoms with E-state index in [2.05, 4.69) is 0 Å². The molecule has 3 fully saturated rings. The van der Waals surface area contributed by atoms with Gasteiger partial charge in [0, 0.05) is 12.5 Å². The predicted molar refractivity (Wildman–Crippen MR) is 168 cm³/mol. The lowest BCUT2D eigenvalue weighted by atomic mass is 9.84. The molecule has 5 rings (SSSR count). The van der Waals surface area contributed by atoms with Gasteiger partial charge in [0.05, 0.1) is 47.3 Å². The number of methoxy groups -OCH3 is 3. The monoisotopic (exact) mass is 714 g/mol. The van der Waals surface area contributed by atoms with Crippen molar-refractivity contribution in [2.24, 2.45) is 11.8 Å². The van der Waals surface area contributed by atoms with Gasteiger partial charge in [-0.05, 0) is 47.7 Å². The Hall–Kier alpha value is -3.04. The van der Waals surface area contributed by atoms with E-state index >= 15 is 0 Å². The van der Waals surface area contributed by atoms with Crippen LogP contribution in [0, 0.1) is 11.8 Å². The Labute approximate surface area is 287 Å². The van der Waals surface area contributed by atoms with E-state index < -0.39 is 80.7 Å². The Morgan fingerprint density at radius 1 is 0.620 bits per heavy atom. The third-order valence-electron chi connectivity index (χ3n) is 9.41. The highest BCUT2D eigenvalue weighted by molar-refractivity contribution is 5.54. The zero-order valence-corrected chi connectivity index (χ0v) is 27.7. The van der Waals surface area contributed by atoms with E-state index in [-0.39, 0.29) is 48.0 Å². The topological polar surface area (TPSA) is 256 Å². The minimum absolute atomic E-state index is 0.0243. The SMILES string of the molecule is COc1cc(CC2COC(c3cc(OC)c(OC4OC(CO)C(O)C(O)C4O)c(OC)c3)C2CO)ccc1OC1OC(CO)C(O)C(O)C1O. The summed E-state index contributed by atoms with van der Waals surface area (Å²) in [6.07, 6.45) is -14.9. The Kier molecular flexibility index (Phi) is 12.6. The summed E-state index contributed by atoms with van der Waals surface area (Å²) in [5.41, 5.74) is 1.41. The van der Waals surface area contributed by atoms with Gasteiger partial charge in [-0.3, -0.25) is 0 Å². The number of hydrogen-bond donors (Lipinski definition) is 9. The van der Waals surface area contributed by atoms with Gasteiger partial charge in [-0.1, -0.05) is 6.07 Å². The first kappa shape index (κ1) is 38.2. The molecule has 0 saturated carbocycles. The van der Waals surface area contributed by atoms with E-state index in [1.807, 2.05) is 0 Å². The number of hydrogen-bond acceptors (Lipinski definition) is 17. The van der Waals surface area contributed by atoms with Crippen molar-refractivity contribution in [2.75, 3.05) is 47.8 Å². The fraction of sp³-hybridized carbons (Fsp3) is 0.636. The van der Waals surface area contributed by atoms with Crippen molar-refractivity contribution in [2.45, 2.75) is 73.9 Å². The lowest BCUT2D eigenvalue weighted by molar-refractivity contribution is -0.277. The Bertz CT molecular complexity index is 1380. The molecule has 17 heteroatoms. The van der Waals surface area contributed by atoms with Crippen LogP contribution in [0.2, 0.25) is 0 Å². The number of benzene rings is 2. The number of ether oxygens (including phenoxy) is 8. The van der Waals surface area contributed by atoms with Gasteiger partial charge in [0.25, 0.3) is 0 Å². The standard InChI is InChI=1S/C33H46O17/c1-43-19-7-14(4-5-18(19)47-32-28(41)26(39)24(37)22(11-35)48-32)6-16-13-46-30(17(16)10-34)15-8-20(44-2)31(21(9-15)45-3)50-33-29(42)27(40)25(38)23(12-36)49-33/h4-5,7-9,16-17,22-30,32-42H,6,10-13H2,1-3H3. The van der Waals surface area contributed by atoms with Gasteiger partial charge in [0.2, 0.25) is 18.3 Å². The molecular weight excluding hydrogens is 668 g/mol. The zero-order valence-electron chi connectivity index (χ0n) is 27.7. The highest BCUT2D eigenvalue weighted by atomic mass is 16.7. The second kappa shape index (κ2) is 16.5. The van der Waals surface area contributed by atoms with Gasteiger partial charge in [0.1, 0.15) is 48.8 Å². The molecule has 0 bridgehead atoms. The molecule has 13 atom stereocenters. The van der Waals surface area contributed by atoms with Crippen molar-refractivity contribution in [1.82, 2.24) is 0 Å². The summed E-state index contributed by atoms with van der Waals surface area (Å²) < 4.78 is 45.4. The second-order valence-corrected chi connectivity index (χ2v) is 12.4. The van der Waals surface area contributed by atoms with Gasteiger partial charge in [-0.25, -0.2) is 0 Å². The van der Waals surface area contributed by atoms with E-state index in [4.69, 9.17) is 37.9 Å². The minimum Gasteiger partial charge on any atom is -0.493 e. The molecule has 3 heterocycles. The van der Waals surface area contributed by atoms with Crippen LogP contribution in [0.3, 0.4) is 0 Å². The van der Waals surface area contributed by atoms with Gasteiger partial charge in [0.15, 0.2) is 23.0 Å². The van der Waals surface area contributed by atoms with E-state index in [1.165, 1.54) is 21.3 Å². The van der Waals surface area contributed by atoms with E-state index in [0.29, 0.717) is 17.7 Å². The first-order valence-corrected chi connectivity index (χ1v) is 16.1. The first-order valence-electron chi connectivity index (χ1n) is 16.1. The molecule has 13 unspecified atom stereocenters. The van der Waals surface area contributed by atoms with Crippen molar-refractivity contribution >= 4 is 0 Å². The number of aliphatic hydroxyl groups excluding tert-OH is 9. The average molecular weight is 715 g/mol. The molecule has 0 radical (unpaired) electrons. The van der Waals surface area contributed by atoms with E-state index in [0.717, 1.165) is 5.56 Å². The molecule has 0 amide bonds. The van der Waals surface area contributed by atoms with Crippen molar-refractivity contribution in [3.05, 3.63) is 41.5 Å². The predicted octanol–water partition coefficient (Wildman–Crippen LogP) is -2.39. The van der Waals surface area contributed by atoms with Crippen LogP contribution in [0.25, 0.3) is 0 Å². The molecule has 280 valence electrons. The molecular formula is C33H46O17. The summed E-state index contributed by atoms with van der Waals surface area (Å²) in [6.45, 7) is -1.17. The van der Waals surface area contributed by atoms with Crippen LogP contribution in [0.1, 0.15) is 17.2 Å². The number of rotatable bonds is 13. The van der Waals surface area contributed by atoms with E-state index in [9.17, 15) is 46.0 Å². The van der Waals surface area contributed by atoms with Crippen LogP contribution < -0.4 is 23.7 Å². The van der Waals surface area contributed by atoms with Crippen molar-refractivity contribution < 1.29 is 83.9 Å². The van der Waals surface area contributed by atoms with E-state index in [1.54, 1.807) is 30.3 Å². The highest BCUT2D eigenvalue weighted by Crippen LogP contribution is 2.47. The summed E-state index contributed by atoms with van der Waals surface area (Å²) in [4.78, 5) is 0. The maximum absolute atomic E-state index is 10.5. The third-order valence-corrected chi connectivity index (χ3v) is 9.41. The lowest BCUT2D eigenvalue weighted by Gasteiger charge is -2.39. The molecule has 3 saturated heterocycles. The Morgan fingerprint density at radius 3 is 1.66 bits per heavy atom. The molecule has 0 spiro atoms. The zero-order chi connectivity index (χ0) is 36.3. The average Bonchev–Trinajstić information content (AvgIpc) is 3.54. The molecule has 50 heavy (non-hydrogen) atoms. The molecule has 2 aromatic carbocycles. The summed E-state index contributed by atoms with van der Waals surface area (Å²) in [6, 6.07) is 8.34. The van der Waals surface area contributed by atoms with Crippen LogP contribution in [-0.4, -0.2) is 155 Å². The smallest absolute Gasteiger partial charge is 0.229 e. The van der Waals surface area contributed by atoms with Crippen LogP contribution in [0.4, 0.5) is 0 Å². The number of aliphatic hydroxyl groups is 9. The molecule has 17 nitrogen and oxygen atoms in total. The van der Waals surface area contributed by atoms with Gasteiger partial charge in [-0.15, -0.1) is 0 Å². The second-order valence-electron chi connectivity index (χ2n) is 12.4. The fourth-order valence-electron chi connectivity index (χ4n) is 6.51. The van der Waals surface area contributed by atoms with Crippen LogP contribution in [0.5, 0.6) is 28.7 Å². The molecule has 3 aliphatic heterocycles. The molecule has 2 aromatic rings. The van der Waals surface area contributed by atoms with Crippen LogP contribution >= 0.6 is 0 Å². The van der Waals surface area contributed by atoms with Crippen molar-refractivity contribution in [1.29, 1.82) is 0 Å². The summed E-state index contributed by atoms with van der Waals surface area (Å²) in [7, 11) is 4.20. The lowest BCUT2D eigenvalue weighted by Crippen LogP contribution is -2.60. The Morgan fingerprint density at radius 2 is 1.16 bits per heavy atom. The largest absolute Gasteiger partial charge is 0.493 e. The Balaban J connectivity index is 1.31.